The first-order valence-electron chi connectivity index (χ1n) is 8.34. The van der Waals surface area contributed by atoms with E-state index in [0.29, 0.717) is 24.1 Å². The maximum atomic E-state index is 12.3. The van der Waals surface area contributed by atoms with Gasteiger partial charge in [-0.1, -0.05) is 6.92 Å². The number of fused-ring (bicyclic) bond motifs is 3. The van der Waals surface area contributed by atoms with Gasteiger partial charge in [0.05, 0.1) is 16.5 Å². The number of ether oxygens (including phenoxy) is 1. The number of carboxylic acids is 1. The van der Waals surface area contributed by atoms with Gasteiger partial charge >= 0.3 is 0 Å². The van der Waals surface area contributed by atoms with Crippen molar-refractivity contribution in [1.82, 2.24) is 4.57 Å². The molecule has 1 aliphatic heterocycles. The molecule has 6 nitrogen and oxygen atoms in total. The van der Waals surface area contributed by atoms with E-state index in [0.717, 1.165) is 11.2 Å². The molecular weight excluding hydrogens is 342 g/mol. The van der Waals surface area contributed by atoms with Gasteiger partial charge in [0.15, 0.2) is 9.84 Å². The Morgan fingerprint density at radius 2 is 1.96 bits per heavy atom. The Morgan fingerprint density at radius 1 is 1.28 bits per heavy atom. The van der Waals surface area contributed by atoms with E-state index in [1.807, 2.05) is 30.5 Å². The summed E-state index contributed by atoms with van der Waals surface area (Å²) in [5, 5.41) is 11.9. The molecule has 0 saturated carbocycles. The molecule has 1 aromatic heterocycles. The van der Waals surface area contributed by atoms with E-state index in [2.05, 4.69) is 0 Å². The average Bonchev–Trinajstić information content (AvgIpc) is 3.03. The number of sulfone groups is 1. The fourth-order valence-corrected chi connectivity index (χ4v) is 4.50. The summed E-state index contributed by atoms with van der Waals surface area (Å²) in [7, 11) is -3.45. The highest BCUT2D eigenvalue weighted by molar-refractivity contribution is 7.91. The summed E-state index contributed by atoms with van der Waals surface area (Å²) < 4.78 is 32.3. The summed E-state index contributed by atoms with van der Waals surface area (Å²) in [4.78, 5) is 11.5. The van der Waals surface area contributed by atoms with Gasteiger partial charge in [-0.3, -0.25) is 0 Å². The number of carbonyl (C=O) groups excluding carboxylic acids is 1. The highest BCUT2D eigenvalue weighted by Crippen LogP contribution is 2.41. The number of nitrogens with zero attached hydrogens (tertiary/aromatic N) is 1. The Bertz CT molecular complexity index is 942. The Balaban J connectivity index is 2.23. The van der Waals surface area contributed by atoms with Gasteiger partial charge in [0.2, 0.25) is 0 Å². The third-order valence-electron chi connectivity index (χ3n) is 4.78. The zero-order valence-electron chi connectivity index (χ0n) is 14.8. The number of carboxylic acid groups (broad SMARTS) is 1. The maximum absolute atomic E-state index is 12.3. The van der Waals surface area contributed by atoms with Crippen LogP contribution in [0.15, 0.2) is 23.1 Å². The number of aliphatic carboxylic acids is 1. The van der Waals surface area contributed by atoms with Crippen molar-refractivity contribution in [1.29, 1.82) is 0 Å². The lowest BCUT2D eigenvalue weighted by atomic mass is 9.90. The van der Waals surface area contributed by atoms with Crippen molar-refractivity contribution >= 4 is 26.7 Å². The number of hydrogen-bond donors (Lipinski definition) is 0. The topological polar surface area (TPSA) is 88.4 Å². The first kappa shape index (κ1) is 17.8. The molecule has 1 aliphatic rings. The van der Waals surface area contributed by atoms with Gasteiger partial charge < -0.3 is 19.2 Å². The van der Waals surface area contributed by atoms with Gasteiger partial charge in [-0.05, 0) is 32.4 Å². The van der Waals surface area contributed by atoms with Crippen LogP contribution in [0.3, 0.4) is 0 Å². The summed E-state index contributed by atoms with van der Waals surface area (Å²) in [6.07, 6.45) is 1.79. The zero-order chi connectivity index (χ0) is 18.5. The molecule has 136 valence electrons. The van der Waals surface area contributed by atoms with E-state index < -0.39 is 21.7 Å². The molecule has 0 bridgehead atoms. The Morgan fingerprint density at radius 3 is 2.52 bits per heavy atom. The Labute approximate surface area is 147 Å². The quantitative estimate of drug-likeness (QED) is 0.806. The predicted octanol–water partition coefficient (Wildman–Crippen LogP) is 1.71. The van der Waals surface area contributed by atoms with Crippen molar-refractivity contribution in [2.75, 3.05) is 6.26 Å². The molecule has 0 radical (unpaired) electrons. The van der Waals surface area contributed by atoms with Crippen molar-refractivity contribution in [3.05, 3.63) is 23.9 Å². The van der Waals surface area contributed by atoms with Crippen molar-refractivity contribution in [2.45, 2.75) is 50.7 Å². The third-order valence-corrected chi connectivity index (χ3v) is 5.92. The molecule has 3 rings (SSSR count). The summed E-state index contributed by atoms with van der Waals surface area (Å²) >= 11 is 0. The molecular formula is C18H22NO5S-. The molecule has 2 atom stereocenters. The highest BCUT2D eigenvalue weighted by atomic mass is 32.2. The van der Waals surface area contributed by atoms with Crippen LogP contribution in [0.5, 0.6) is 5.75 Å². The van der Waals surface area contributed by atoms with Crippen molar-refractivity contribution in [2.24, 2.45) is 5.92 Å². The van der Waals surface area contributed by atoms with Crippen LogP contribution in [-0.4, -0.2) is 31.3 Å². The van der Waals surface area contributed by atoms with Gasteiger partial charge in [-0.25, -0.2) is 8.42 Å². The van der Waals surface area contributed by atoms with E-state index in [1.165, 1.54) is 6.26 Å². The molecule has 2 aromatic rings. The van der Waals surface area contributed by atoms with Crippen molar-refractivity contribution in [3.63, 3.8) is 0 Å². The molecule has 0 aliphatic carbocycles. The summed E-state index contributed by atoms with van der Waals surface area (Å²) in [5.74, 6) is -1.39. The number of aromatic nitrogens is 1. The normalized spacial score (nSPS) is 18.5. The van der Waals surface area contributed by atoms with Gasteiger partial charge in [-0.15, -0.1) is 0 Å². The standard InChI is InChI=1S/C18H23NO5S/c1-10(2)24-12-7-15-14(17(8-12)25(4,22)23)9-16-13(5-6-19(15)16)11(3)18(20)21/h7-11,13H,5-6H2,1-4H3,(H,20,21)/p-1. The maximum Gasteiger partial charge on any atom is 0.176 e. The fraction of sp³-hybridized carbons (Fsp3) is 0.500. The van der Waals surface area contributed by atoms with E-state index in [-0.39, 0.29) is 16.9 Å². The summed E-state index contributed by atoms with van der Waals surface area (Å²) in [6, 6.07) is 5.19. The summed E-state index contributed by atoms with van der Waals surface area (Å²) in [5.41, 5.74) is 1.61. The average molecular weight is 364 g/mol. The number of benzene rings is 1. The van der Waals surface area contributed by atoms with Crippen LogP contribution in [0.1, 0.15) is 38.8 Å². The number of hydrogen-bond acceptors (Lipinski definition) is 5. The first-order chi connectivity index (χ1) is 11.6. The van der Waals surface area contributed by atoms with Crippen LogP contribution in [0.25, 0.3) is 10.9 Å². The van der Waals surface area contributed by atoms with Crippen LogP contribution in [-0.2, 0) is 21.2 Å². The fourth-order valence-electron chi connectivity index (χ4n) is 3.61. The van der Waals surface area contributed by atoms with Crippen LogP contribution < -0.4 is 9.84 Å². The lowest BCUT2D eigenvalue weighted by Crippen LogP contribution is -2.32. The van der Waals surface area contributed by atoms with E-state index in [4.69, 9.17) is 4.74 Å². The molecule has 2 unspecified atom stereocenters. The van der Waals surface area contributed by atoms with Gasteiger partial charge in [-0.2, -0.15) is 0 Å². The second-order valence-electron chi connectivity index (χ2n) is 7.02. The second-order valence-corrected chi connectivity index (χ2v) is 9.00. The Kier molecular flexibility index (Phi) is 4.31. The van der Waals surface area contributed by atoms with Crippen LogP contribution in [0.2, 0.25) is 0 Å². The lowest BCUT2D eigenvalue weighted by molar-refractivity contribution is -0.311. The van der Waals surface area contributed by atoms with Crippen LogP contribution >= 0.6 is 0 Å². The highest BCUT2D eigenvalue weighted by Gasteiger charge is 2.31. The molecule has 0 saturated heterocycles. The van der Waals surface area contributed by atoms with Crippen molar-refractivity contribution < 1.29 is 23.1 Å². The molecule has 25 heavy (non-hydrogen) atoms. The molecule has 0 spiro atoms. The summed E-state index contributed by atoms with van der Waals surface area (Å²) in [6.45, 7) is 6.04. The lowest BCUT2D eigenvalue weighted by Gasteiger charge is -2.19. The van der Waals surface area contributed by atoms with Gasteiger partial charge in [0.25, 0.3) is 0 Å². The monoisotopic (exact) mass is 364 g/mol. The Hall–Kier alpha value is -2.02. The van der Waals surface area contributed by atoms with E-state index >= 15 is 0 Å². The van der Waals surface area contributed by atoms with E-state index in [9.17, 15) is 18.3 Å². The molecule has 7 heteroatoms. The van der Waals surface area contributed by atoms with E-state index in [1.54, 1.807) is 13.0 Å². The third kappa shape index (κ3) is 3.13. The number of carbonyl (C=O) groups is 1. The number of aryl methyl sites for hydroxylation is 1. The first-order valence-corrected chi connectivity index (χ1v) is 10.2. The minimum absolute atomic E-state index is 0.0799. The minimum atomic E-state index is -3.45. The van der Waals surface area contributed by atoms with Gasteiger partial charge in [0, 0.05) is 47.8 Å². The van der Waals surface area contributed by atoms with Crippen LogP contribution in [0, 0.1) is 5.92 Å². The minimum Gasteiger partial charge on any atom is -0.550 e. The molecule has 2 heterocycles. The molecule has 0 N–H and O–H groups in total. The smallest absolute Gasteiger partial charge is 0.176 e. The van der Waals surface area contributed by atoms with Crippen molar-refractivity contribution in [3.8, 4) is 5.75 Å². The molecule has 0 fully saturated rings. The SMILES string of the molecule is CC(C)Oc1cc(S(C)(=O)=O)c2cc3n(c2c1)CCC3C(C)C(=O)[O-]. The van der Waals surface area contributed by atoms with Crippen LogP contribution in [0.4, 0.5) is 0 Å². The van der Waals surface area contributed by atoms with Gasteiger partial charge in [0.1, 0.15) is 5.75 Å². The second kappa shape index (κ2) is 6.05. The zero-order valence-corrected chi connectivity index (χ0v) is 15.6. The predicted molar refractivity (Wildman–Crippen MR) is 92.3 cm³/mol. The molecule has 0 amide bonds. The molecule has 1 aromatic carbocycles. The largest absolute Gasteiger partial charge is 0.550 e. The number of rotatable bonds is 5.